The minimum absolute atomic E-state index is 0.178. The Bertz CT molecular complexity index is 193. The molecule has 1 fully saturated rings. The maximum atomic E-state index is 10.2. The van der Waals surface area contributed by atoms with Crippen LogP contribution < -0.4 is 0 Å². The lowest BCUT2D eigenvalue weighted by Crippen LogP contribution is -2.19. The molecule has 0 aromatic rings. The Labute approximate surface area is 78.4 Å². The highest BCUT2D eigenvalue weighted by Gasteiger charge is 2.35. The van der Waals surface area contributed by atoms with Crippen molar-refractivity contribution in [3.8, 4) is 0 Å². The quantitative estimate of drug-likeness (QED) is 0.503. The van der Waals surface area contributed by atoms with Crippen LogP contribution in [0, 0.1) is 27.9 Å². The maximum Gasteiger partial charge on any atom is 0.294 e. The fraction of sp³-hybridized carbons (Fsp3) is 1.00. The van der Waals surface area contributed by atoms with Crippen LogP contribution in [0.15, 0.2) is 0 Å². The second kappa shape index (κ2) is 3.94. The lowest BCUT2D eigenvalue weighted by atomic mass is 9.94. The molecule has 1 rings (SSSR count). The molecule has 1 aliphatic rings. The van der Waals surface area contributed by atoms with Gasteiger partial charge >= 0.3 is 0 Å². The van der Waals surface area contributed by atoms with Crippen LogP contribution in [-0.2, 0) is 4.84 Å². The van der Waals surface area contributed by atoms with Crippen molar-refractivity contribution >= 4 is 0 Å². The van der Waals surface area contributed by atoms with Crippen molar-refractivity contribution in [3.05, 3.63) is 10.1 Å². The highest BCUT2D eigenvalue weighted by molar-refractivity contribution is 4.82. The number of rotatable bonds is 3. The Balaban J connectivity index is 2.46. The number of nitrogens with zero attached hydrogens (tertiary/aromatic N) is 1. The van der Waals surface area contributed by atoms with Gasteiger partial charge in [-0.05, 0) is 30.6 Å². The van der Waals surface area contributed by atoms with E-state index in [-0.39, 0.29) is 6.10 Å². The van der Waals surface area contributed by atoms with Gasteiger partial charge in [-0.1, -0.05) is 20.8 Å². The van der Waals surface area contributed by atoms with E-state index in [1.807, 2.05) is 6.92 Å². The summed E-state index contributed by atoms with van der Waals surface area (Å²) in [4.78, 5) is 14.8. The lowest BCUT2D eigenvalue weighted by molar-refractivity contribution is -0.770. The van der Waals surface area contributed by atoms with Gasteiger partial charge in [-0.3, -0.25) is 0 Å². The van der Waals surface area contributed by atoms with Gasteiger partial charge in [0, 0.05) is 0 Å². The zero-order valence-corrected chi connectivity index (χ0v) is 8.40. The van der Waals surface area contributed by atoms with Crippen molar-refractivity contribution in [1.29, 1.82) is 0 Å². The molecule has 3 atom stereocenters. The molecule has 4 heteroatoms. The fourth-order valence-corrected chi connectivity index (χ4v) is 2.06. The zero-order chi connectivity index (χ0) is 10.0. The molecule has 3 unspecified atom stereocenters. The molecule has 0 N–H and O–H groups in total. The van der Waals surface area contributed by atoms with Crippen LogP contribution >= 0.6 is 0 Å². The molecule has 13 heavy (non-hydrogen) atoms. The van der Waals surface area contributed by atoms with Crippen molar-refractivity contribution < 1.29 is 9.92 Å². The molecule has 0 amide bonds. The summed E-state index contributed by atoms with van der Waals surface area (Å²) in [5, 5.41) is 9.50. The predicted octanol–water partition coefficient (Wildman–Crippen LogP) is 2.27. The third kappa shape index (κ3) is 2.57. The van der Waals surface area contributed by atoms with Gasteiger partial charge < -0.3 is 4.84 Å². The molecule has 0 heterocycles. The second-order valence-corrected chi connectivity index (χ2v) is 4.32. The van der Waals surface area contributed by atoms with Gasteiger partial charge in [0.15, 0.2) is 0 Å². The first kappa shape index (κ1) is 10.3. The Hall–Kier alpha value is -0.800. The van der Waals surface area contributed by atoms with E-state index in [2.05, 4.69) is 18.7 Å². The molecule has 0 aromatic carbocycles. The van der Waals surface area contributed by atoms with Gasteiger partial charge in [-0.2, -0.15) is 0 Å². The molecule has 0 spiro atoms. The van der Waals surface area contributed by atoms with E-state index >= 15 is 0 Å². The zero-order valence-electron chi connectivity index (χ0n) is 8.40. The number of hydrogen-bond donors (Lipinski definition) is 0. The lowest BCUT2D eigenvalue weighted by Gasteiger charge is -2.13. The molecule has 0 aromatic heterocycles. The summed E-state index contributed by atoms with van der Waals surface area (Å²) in [6.45, 7) is 6.34. The SMILES string of the molecule is CC(C)C1CC(C)C(O[N+](=O)[O-])C1. The highest BCUT2D eigenvalue weighted by Crippen LogP contribution is 2.37. The average Bonchev–Trinajstić information content (AvgIpc) is 2.31. The van der Waals surface area contributed by atoms with E-state index in [0.29, 0.717) is 17.8 Å². The van der Waals surface area contributed by atoms with Crippen molar-refractivity contribution in [3.63, 3.8) is 0 Å². The van der Waals surface area contributed by atoms with Crippen molar-refractivity contribution in [2.24, 2.45) is 17.8 Å². The van der Waals surface area contributed by atoms with Crippen LogP contribution in [-0.4, -0.2) is 11.2 Å². The largest absolute Gasteiger partial charge is 0.310 e. The summed E-state index contributed by atoms with van der Waals surface area (Å²) in [5.41, 5.74) is 0. The molecular weight excluding hydrogens is 170 g/mol. The van der Waals surface area contributed by atoms with Crippen LogP contribution in [0.1, 0.15) is 33.6 Å². The van der Waals surface area contributed by atoms with Gasteiger partial charge in [0.05, 0.1) is 0 Å². The van der Waals surface area contributed by atoms with E-state index in [0.717, 1.165) is 12.8 Å². The topological polar surface area (TPSA) is 52.4 Å². The highest BCUT2D eigenvalue weighted by atomic mass is 17.0. The first-order valence-electron chi connectivity index (χ1n) is 4.82. The molecule has 1 aliphatic carbocycles. The fourth-order valence-electron chi connectivity index (χ4n) is 2.06. The minimum atomic E-state index is -0.663. The van der Waals surface area contributed by atoms with E-state index in [1.165, 1.54) is 0 Å². The predicted molar refractivity (Wildman–Crippen MR) is 48.6 cm³/mol. The summed E-state index contributed by atoms with van der Waals surface area (Å²) >= 11 is 0. The molecule has 4 nitrogen and oxygen atoms in total. The van der Waals surface area contributed by atoms with Crippen LogP contribution in [0.3, 0.4) is 0 Å². The molecular formula is C9H17NO3. The van der Waals surface area contributed by atoms with Gasteiger partial charge in [-0.15, -0.1) is 10.1 Å². The van der Waals surface area contributed by atoms with Gasteiger partial charge in [0.25, 0.3) is 5.09 Å². The first-order chi connectivity index (χ1) is 6.00. The second-order valence-electron chi connectivity index (χ2n) is 4.32. The molecule has 0 saturated heterocycles. The summed E-state index contributed by atoms with van der Waals surface area (Å²) < 4.78 is 0. The normalized spacial score (nSPS) is 33.7. The molecule has 0 bridgehead atoms. The Morgan fingerprint density at radius 2 is 2.08 bits per heavy atom. The summed E-state index contributed by atoms with van der Waals surface area (Å²) in [6.07, 6.45) is 1.71. The Morgan fingerprint density at radius 1 is 1.46 bits per heavy atom. The van der Waals surface area contributed by atoms with Gasteiger partial charge in [0.1, 0.15) is 6.10 Å². The molecule has 0 aliphatic heterocycles. The smallest absolute Gasteiger partial charge is 0.294 e. The van der Waals surface area contributed by atoms with Gasteiger partial charge in [-0.25, -0.2) is 0 Å². The third-order valence-corrected chi connectivity index (χ3v) is 3.01. The van der Waals surface area contributed by atoms with Crippen LogP contribution in [0.25, 0.3) is 0 Å². The van der Waals surface area contributed by atoms with E-state index in [9.17, 15) is 10.1 Å². The number of hydrogen-bond acceptors (Lipinski definition) is 3. The maximum absolute atomic E-state index is 10.2. The molecule has 0 radical (unpaired) electrons. The van der Waals surface area contributed by atoms with Crippen LogP contribution in [0.5, 0.6) is 0 Å². The Morgan fingerprint density at radius 3 is 2.46 bits per heavy atom. The average molecular weight is 187 g/mol. The monoisotopic (exact) mass is 187 g/mol. The minimum Gasteiger partial charge on any atom is -0.310 e. The van der Waals surface area contributed by atoms with Gasteiger partial charge in [0.2, 0.25) is 0 Å². The van der Waals surface area contributed by atoms with E-state index in [1.54, 1.807) is 0 Å². The summed E-state index contributed by atoms with van der Waals surface area (Å²) in [7, 11) is 0. The van der Waals surface area contributed by atoms with Crippen molar-refractivity contribution in [1.82, 2.24) is 0 Å². The first-order valence-corrected chi connectivity index (χ1v) is 4.82. The van der Waals surface area contributed by atoms with Crippen molar-refractivity contribution in [2.75, 3.05) is 0 Å². The van der Waals surface area contributed by atoms with Crippen molar-refractivity contribution in [2.45, 2.75) is 39.7 Å². The van der Waals surface area contributed by atoms with Crippen LogP contribution in [0.2, 0.25) is 0 Å². The Kier molecular flexibility index (Phi) is 3.12. The standard InChI is InChI=1S/C9H17NO3/c1-6(2)8-4-7(3)9(5-8)13-10(11)12/h6-9H,4-5H2,1-3H3. The molecule has 76 valence electrons. The van der Waals surface area contributed by atoms with E-state index in [4.69, 9.17) is 0 Å². The van der Waals surface area contributed by atoms with E-state index < -0.39 is 5.09 Å². The summed E-state index contributed by atoms with van der Waals surface area (Å²) in [5.74, 6) is 1.50. The third-order valence-electron chi connectivity index (χ3n) is 3.01. The molecule has 1 saturated carbocycles. The van der Waals surface area contributed by atoms with Crippen LogP contribution in [0.4, 0.5) is 0 Å². The summed E-state index contributed by atoms with van der Waals surface area (Å²) in [6, 6.07) is 0.